The Kier molecular flexibility index (Phi) is 3.13. The molecule has 82 valence electrons. The summed E-state index contributed by atoms with van der Waals surface area (Å²) in [6.07, 6.45) is -5.02. The van der Waals surface area contributed by atoms with Gasteiger partial charge >= 0.3 is 6.36 Å². The van der Waals surface area contributed by atoms with E-state index in [1.54, 1.807) is 0 Å². The van der Waals surface area contributed by atoms with Crippen LogP contribution in [0.25, 0.3) is 0 Å². The third-order valence-corrected chi connectivity index (χ3v) is 1.44. The Morgan fingerprint density at radius 2 is 2.00 bits per heavy atom. The van der Waals surface area contributed by atoms with Crippen LogP contribution in [0.5, 0.6) is 5.75 Å². The topological polar surface area (TPSA) is 39.2 Å². The molecule has 0 N–H and O–H groups in total. The van der Waals surface area contributed by atoms with Crippen LogP contribution in [0, 0.1) is 5.95 Å². The summed E-state index contributed by atoms with van der Waals surface area (Å²) in [7, 11) is 0. The zero-order valence-corrected chi connectivity index (χ0v) is 7.56. The smallest absolute Gasteiger partial charge is 0.401 e. The Morgan fingerprint density at radius 1 is 1.40 bits per heavy atom. The molecule has 0 aliphatic carbocycles. The number of ether oxygens (including phenoxy) is 1. The molecular formula is C7H2ClF4NO2. The molecule has 0 fully saturated rings. The number of halogens is 5. The quantitative estimate of drug-likeness (QED) is 0.455. The molecule has 0 saturated carbocycles. The van der Waals surface area contributed by atoms with Crippen molar-refractivity contribution in [3.63, 3.8) is 0 Å². The molecule has 8 heteroatoms. The average molecular weight is 244 g/mol. The first kappa shape index (κ1) is 11.7. The lowest BCUT2D eigenvalue weighted by Gasteiger charge is -2.08. The minimum atomic E-state index is -5.02. The molecule has 1 rings (SSSR count). The maximum atomic E-state index is 12.8. The van der Waals surface area contributed by atoms with Crippen molar-refractivity contribution in [2.45, 2.75) is 6.36 Å². The Balaban J connectivity index is 2.99. The van der Waals surface area contributed by atoms with Crippen molar-refractivity contribution in [1.82, 2.24) is 4.98 Å². The van der Waals surface area contributed by atoms with E-state index in [-0.39, 0.29) is 0 Å². The number of hydrogen-bond donors (Lipinski definition) is 0. The summed E-state index contributed by atoms with van der Waals surface area (Å²) in [5.74, 6) is -2.68. The van der Waals surface area contributed by atoms with E-state index in [0.29, 0.717) is 6.07 Å². The third-order valence-electron chi connectivity index (χ3n) is 1.24. The first-order chi connectivity index (χ1) is 6.79. The summed E-state index contributed by atoms with van der Waals surface area (Å²) < 4.78 is 51.1. The van der Waals surface area contributed by atoms with Gasteiger partial charge in [0, 0.05) is 0 Å². The third kappa shape index (κ3) is 3.35. The van der Waals surface area contributed by atoms with E-state index in [4.69, 9.17) is 11.6 Å². The molecule has 0 radical (unpaired) electrons. The summed E-state index contributed by atoms with van der Waals surface area (Å²) >= 11 is 4.93. The number of carbonyl (C=O) groups excluding carboxylic acids is 1. The van der Waals surface area contributed by atoms with Gasteiger partial charge in [-0.05, 0) is 23.7 Å². The van der Waals surface area contributed by atoms with E-state index in [1.165, 1.54) is 0 Å². The van der Waals surface area contributed by atoms with Gasteiger partial charge in [0.2, 0.25) is 0 Å². The van der Waals surface area contributed by atoms with Gasteiger partial charge in [0.05, 0.1) is 0 Å². The second-order valence-corrected chi connectivity index (χ2v) is 2.65. The van der Waals surface area contributed by atoms with Crippen LogP contribution in [0.1, 0.15) is 10.5 Å². The van der Waals surface area contributed by atoms with Gasteiger partial charge in [-0.2, -0.15) is 4.39 Å². The SMILES string of the molecule is O=C(Cl)c1ccc(OC(F)(F)F)c(F)n1. The van der Waals surface area contributed by atoms with Gasteiger partial charge in [-0.1, -0.05) is 0 Å². The summed E-state index contributed by atoms with van der Waals surface area (Å²) in [4.78, 5) is 13.4. The molecule has 0 amide bonds. The van der Waals surface area contributed by atoms with Crippen LogP contribution in [0.15, 0.2) is 12.1 Å². The Morgan fingerprint density at radius 3 is 2.40 bits per heavy atom. The number of hydrogen-bond acceptors (Lipinski definition) is 3. The van der Waals surface area contributed by atoms with Crippen molar-refractivity contribution >= 4 is 16.8 Å². The first-order valence-corrected chi connectivity index (χ1v) is 3.79. The molecule has 15 heavy (non-hydrogen) atoms. The molecule has 0 bridgehead atoms. The van der Waals surface area contributed by atoms with Crippen LogP contribution in [-0.2, 0) is 0 Å². The Hall–Kier alpha value is -1.37. The van der Waals surface area contributed by atoms with Gasteiger partial charge in [-0.25, -0.2) is 4.98 Å². The van der Waals surface area contributed by atoms with E-state index in [1.807, 2.05) is 0 Å². The highest BCUT2D eigenvalue weighted by Gasteiger charge is 2.32. The summed E-state index contributed by atoms with van der Waals surface area (Å²) in [5, 5.41) is -1.08. The molecule has 1 aromatic rings. The van der Waals surface area contributed by atoms with E-state index in [2.05, 4.69) is 9.72 Å². The minimum absolute atomic E-state index is 0.497. The van der Waals surface area contributed by atoms with Gasteiger partial charge < -0.3 is 4.74 Å². The second-order valence-electron chi connectivity index (χ2n) is 2.31. The maximum Gasteiger partial charge on any atom is 0.573 e. The number of aromatic nitrogens is 1. The fourth-order valence-corrected chi connectivity index (χ4v) is 0.837. The van der Waals surface area contributed by atoms with Gasteiger partial charge in [0.15, 0.2) is 5.75 Å². The van der Waals surface area contributed by atoms with Crippen molar-refractivity contribution in [1.29, 1.82) is 0 Å². The molecule has 1 aromatic heterocycles. The highest BCUT2D eigenvalue weighted by atomic mass is 35.5. The van der Waals surface area contributed by atoms with Crippen molar-refractivity contribution in [2.75, 3.05) is 0 Å². The van der Waals surface area contributed by atoms with Gasteiger partial charge in [0.25, 0.3) is 11.2 Å². The molecular weight excluding hydrogens is 242 g/mol. The zero-order valence-electron chi connectivity index (χ0n) is 6.81. The predicted molar refractivity (Wildman–Crippen MR) is 41.1 cm³/mol. The minimum Gasteiger partial charge on any atom is -0.401 e. The zero-order chi connectivity index (χ0) is 11.6. The number of alkyl halides is 3. The van der Waals surface area contributed by atoms with E-state index in [0.717, 1.165) is 6.07 Å². The number of pyridine rings is 1. The fourth-order valence-electron chi connectivity index (χ4n) is 0.732. The molecule has 0 unspecified atom stereocenters. The van der Waals surface area contributed by atoms with Crippen LogP contribution in [0.3, 0.4) is 0 Å². The second kappa shape index (κ2) is 4.01. The van der Waals surface area contributed by atoms with Gasteiger partial charge in [-0.15, -0.1) is 13.2 Å². The predicted octanol–water partition coefficient (Wildman–Crippen LogP) is 2.50. The lowest BCUT2D eigenvalue weighted by molar-refractivity contribution is -0.275. The van der Waals surface area contributed by atoms with Crippen LogP contribution < -0.4 is 4.74 Å². The molecule has 0 atom stereocenters. The molecule has 0 saturated heterocycles. The first-order valence-electron chi connectivity index (χ1n) is 3.42. The van der Waals surface area contributed by atoms with Crippen LogP contribution >= 0.6 is 11.6 Å². The van der Waals surface area contributed by atoms with Gasteiger partial charge in [-0.3, -0.25) is 4.79 Å². The summed E-state index contributed by atoms with van der Waals surface area (Å²) in [6, 6.07) is 1.44. The largest absolute Gasteiger partial charge is 0.573 e. The normalized spacial score (nSPS) is 11.3. The monoisotopic (exact) mass is 243 g/mol. The standard InChI is InChI=1S/C7H2ClF4NO2/c8-5(14)3-1-2-4(6(9)13-3)15-7(10,11)12/h1-2H. The molecule has 3 nitrogen and oxygen atoms in total. The average Bonchev–Trinajstić information content (AvgIpc) is 2.05. The Bertz CT molecular complexity index is 393. The highest BCUT2D eigenvalue weighted by Crippen LogP contribution is 2.24. The van der Waals surface area contributed by atoms with Crippen LogP contribution in [-0.4, -0.2) is 16.6 Å². The summed E-state index contributed by atoms with van der Waals surface area (Å²) in [5.41, 5.74) is -0.497. The van der Waals surface area contributed by atoms with E-state index < -0.39 is 29.0 Å². The van der Waals surface area contributed by atoms with Crippen LogP contribution in [0.4, 0.5) is 17.6 Å². The van der Waals surface area contributed by atoms with E-state index >= 15 is 0 Å². The highest BCUT2D eigenvalue weighted by molar-refractivity contribution is 6.67. The fraction of sp³-hybridized carbons (Fsp3) is 0.143. The van der Waals surface area contributed by atoms with Crippen LogP contribution in [0.2, 0.25) is 0 Å². The van der Waals surface area contributed by atoms with Gasteiger partial charge in [0.1, 0.15) is 5.69 Å². The molecule has 0 aliphatic heterocycles. The molecule has 0 spiro atoms. The number of rotatable bonds is 2. The number of carbonyl (C=O) groups is 1. The number of nitrogens with zero attached hydrogens (tertiary/aromatic N) is 1. The lowest BCUT2D eigenvalue weighted by atomic mass is 10.3. The summed E-state index contributed by atoms with van der Waals surface area (Å²) in [6.45, 7) is 0. The molecule has 0 aliphatic rings. The van der Waals surface area contributed by atoms with Crippen molar-refractivity contribution in [3.8, 4) is 5.75 Å². The van der Waals surface area contributed by atoms with Crippen molar-refractivity contribution in [2.24, 2.45) is 0 Å². The Labute approximate surface area is 85.6 Å². The lowest BCUT2D eigenvalue weighted by Crippen LogP contribution is -2.18. The van der Waals surface area contributed by atoms with E-state index in [9.17, 15) is 22.4 Å². The molecule has 0 aromatic carbocycles. The molecule has 1 heterocycles. The van der Waals surface area contributed by atoms with Crippen molar-refractivity contribution < 1.29 is 27.1 Å². The maximum absolute atomic E-state index is 12.8. The van der Waals surface area contributed by atoms with Crippen molar-refractivity contribution in [3.05, 3.63) is 23.8 Å².